The summed E-state index contributed by atoms with van der Waals surface area (Å²) in [6, 6.07) is 48.9. The highest BCUT2D eigenvalue weighted by Crippen LogP contribution is 2.47. The SMILES string of the molecule is CC1=C(Cc2ccc(O[Si](C)(C)C(C)(C)C)cc2)C(C)C(C2(O)O[C@H](COCc3ccccc3)[C@@H](OCc3ccccc3)[C@H](OCc3ccccc3)[C@H]2OCc2ccccc2)C=C1. The Labute approximate surface area is 376 Å². The molecule has 5 aromatic rings. The molecule has 0 spiro atoms. The molecule has 1 aliphatic carbocycles. The molecule has 0 amide bonds. The van der Waals surface area contributed by atoms with Crippen LogP contribution < -0.4 is 4.43 Å². The molecular formula is C55H66O7Si. The van der Waals surface area contributed by atoms with E-state index in [2.05, 4.69) is 84.1 Å². The average Bonchev–Trinajstić information content (AvgIpc) is 3.28. The predicted molar refractivity (Wildman–Crippen MR) is 253 cm³/mol. The zero-order valence-corrected chi connectivity index (χ0v) is 39.1. The molecule has 1 fully saturated rings. The summed E-state index contributed by atoms with van der Waals surface area (Å²) >= 11 is 0. The van der Waals surface area contributed by atoms with Crippen molar-refractivity contribution in [2.24, 2.45) is 11.8 Å². The zero-order valence-electron chi connectivity index (χ0n) is 38.1. The molecule has 7 atom stereocenters. The minimum atomic E-state index is -1.99. The summed E-state index contributed by atoms with van der Waals surface area (Å²) in [5.41, 5.74) is 7.60. The molecule has 5 aromatic carbocycles. The normalized spacial score (nSPS) is 24.1. The van der Waals surface area contributed by atoms with Gasteiger partial charge < -0.3 is 33.2 Å². The second-order valence-corrected chi connectivity index (χ2v) is 23.4. The molecule has 3 unspecified atom stereocenters. The van der Waals surface area contributed by atoms with Crippen LogP contribution in [-0.2, 0) is 56.5 Å². The molecule has 1 heterocycles. The summed E-state index contributed by atoms with van der Waals surface area (Å²) in [5.74, 6) is -1.59. The van der Waals surface area contributed by atoms with Gasteiger partial charge in [-0.1, -0.05) is 184 Å². The van der Waals surface area contributed by atoms with Crippen LogP contribution in [0.4, 0.5) is 0 Å². The lowest BCUT2D eigenvalue weighted by atomic mass is 9.71. The largest absolute Gasteiger partial charge is 0.544 e. The first-order valence-electron chi connectivity index (χ1n) is 22.4. The Morgan fingerprint density at radius 1 is 0.619 bits per heavy atom. The lowest BCUT2D eigenvalue weighted by Gasteiger charge is -2.54. The average molecular weight is 867 g/mol. The fourth-order valence-electron chi connectivity index (χ4n) is 8.39. The second kappa shape index (κ2) is 20.9. The summed E-state index contributed by atoms with van der Waals surface area (Å²) in [4.78, 5) is 0. The van der Waals surface area contributed by atoms with E-state index in [4.69, 9.17) is 28.1 Å². The van der Waals surface area contributed by atoms with E-state index in [1.807, 2.05) is 121 Å². The predicted octanol–water partition coefficient (Wildman–Crippen LogP) is 11.8. The molecule has 332 valence electrons. The quantitative estimate of drug-likeness (QED) is 0.0879. The number of rotatable bonds is 18. The Hall–Kier alpha value is -4.64. The van der Waals surface area contributed by atoms with Gasteiger partial charge in [0.25, 0.3) is 0 Å². The summed E-state index contributed by atoms with van der Waals surface area (Å²) in [7, 11) is -1.99. The van der Waals surface area contributed by atoms with Gasteiger partial charge in [-0.3, -0.25) is 0 Å². The monoisotopic (exact) mass is 866 g/mol. The maximum Gasteiger partial charge on any atom is 0.250 e. The number of ether oxygens (including phenoxy) is 5. The van der Waals surface area contributed by atoms with Crippen LogP contribution in [0.5, 0.6) is 5.75 Å². The maximum absolute atomic E-state index is 13.6. The van der Waals surface area contributed by atoms with Gasteiger partial charge in [0.05, 0.1) is 33.0 Å². The van der Waals surface area contributed by atoms with E-state index in [-0.39, 0.29) is 30.8 Å². The fraction of sp³-hybridized carbons (Fsp3) is 0.382. The molecular weight excluding hydrogens is 801 g/mol. The Morgan fingerprint density at radius 3 is 1.60 bits per heavy atom. The molecule has 7 nitrogen and oxygen atoms in total. The Kier molecular flexibility index (Phi) is 15.4. The summed E-state index contributed by atoms with van der Waals surface area (Å²) < 4.78 is 41.1. The minimum Gasteiger partial charge on any atom is -0.544 e. The number of aliphatic hydroxyl groups is 1. The van der Waals surface area contributed by atoms with Crippen molar-refractivity contribution in [3.63, 3.8) is 0 Å². The number of hydrogen-bond acceptors (Lipinski definition) is 7. The Balaban J connectivity index is 1.24. The van der Waals surface area contributed by atoms with Crippen LogP contribution in [0.1, 0.15) is 62.4 Å². The lowest BCUT2D eigenvalue weighted by Crippen LogP contribution is -2.70. The van der Waals surface area contributed by atoms with E-state index in [0.717, 1.165) is 28.0 Å². The number of benzene rings is 5. The molecule has 0 aromatic heterocycles. The van der Waals surface area contributed by atoms with E-state index in [1.54, 1.807) is 0 Å². The van der Waals surface area contributed by atoms with E-state index in [0.29, 0.717) is 19.6 Å². The van der Waals surface area contributed by atoms with E-state index in [1.165, 1.54) is 16.7 Å². The van der Waals surface area contributed by atoms with Crippen LogP contribution in [0.15, 0.2) is 169 Å². The van der Waals surface area contributed by atoms with Crippen LogP contribution in [-0.4, -0.2) is 50.2 Å². The Morgan fingerprint density at radius 2 is 1.10 bits per heavy atom. The number of hydrogen-bond donors (Lipinski definition) is 1. The fourth-order valence-corrected chi connectivity index (χ4v) is 9.42. The highest BCUT2D eigenvalue weighted by Gasteiger charge is 2.60. The highest BCUT2D eigenvalue weighted by atomic mass is 28.4. The van der Waals surface area contributed by atoms with Crippen molar-refractivity contribution >= 4 is 8.32 Å². The second-order valence-electron chi connectivity index (χ2n) is 18.7. The van der Waals surface area contributed by atoms with Gasteiger partial charge in [-0.2, -0.15) is 0 Å². The van der Waals surface area contributed by atoms with Crippen LogP contribution in [0.2, 0.25) is 18.1 Å². The highest BCUT2D eigenvalue weighted by molar-refractivity contribution is 6.74. The standard InChI is InChI=1S/C55H66O7Si/c1-40-28-33-49(41(2)48(40)34-42-29-31-47(32-30-42)62-63(6,7)54(3,4)5)55(56)53(60-38-46-26-18-11-19-27-46)52(59-37-45-24-16-10-17-25-45)51(58-36-44-22-14-9-15-23-44)50(61-55)39-57-35-43-20-12-8-13-21-43/h8-33,41,49-53,56H,34-39H2,1-7H3/t41?,49?,50-,51-,52+,53-,55?/m1/s1. The first kappa shape index (κ1) is 46.4. The first-order valence-corrected chi connectivity index (χ1v) is 25.4. The van der Waals surface area contributed by atoms with Gasteiger partial charge in [0, 0.05) is 5.92 Å². The van der Waals surface area contributed by atoms with Gasteiger partial charge in [0.15, 0.2) is 0 Å². The van der Waals surface area contributed by atoms with E-state index >= 15 is 0 Å². The molecule has 1 N–H and O–H groups in total. The van der Waals surface area contributed by atoms with Crippen LogP contribution in [0, 0.1) is 11.8 Å². The molecule has 2 aliphatic rings. The smallest absolute Gasteiger partial charge is 0.250 e. The van der Waals surface area contributed by atoms with Crippen molar-refractivity contribution in [2.45, 2.75) is 116 Å². The van der Waals surface area contributed by atoms with Crippen LogP contribution in [0.25, 0.3) is 0 Å². The van der Waals surface area contributed by atoms with Crippen molar-refractivity contribution in [3.8, 4) is 5.75 Å². The van der Waals surface area contributed by atoms with Gasteiger partial charge in [-0.15, -0.1) is 0 Å². The molecule has 0 bridgehead atoms. The van der Waals surface area contributed by atoms with Gasteiger partial charge >= 0.3 is 0 Å². The third-order valence-corrected chi connectivity index (χ3v) is 17.5. The molecule has 0 radical (unpaired) electrons. The zero-order chi connectivity index (χ0) is 44.5. The third-order valence-electron chi connectivity index (χ3n) is 13.1. The van der Waals surface area contributed by atoms with Gasteiger partial charge in [0.2, 0.25) is 14.1 Å². The van der Waals surface area contributed by atoms with Crippen molar-refractivity contribution in [1.29, 1.82) is 0 Å². The molecule has 8 heteroatoms. The van der Waals surface area contributed by atoms with Crippen LogP contribution in [0.3, 0.4) is 0 Å². The van der Waals surface area contributed by atoms with E-state index in [9.17, 15) is 5.11 Å². The van der Waals surface area contributed by atoms with Crippen molar-refractivity contribution in [3.05, 3.63) is 197 Å². The van der Waals surface area contributed by atoms with Crippen molar-refractivity contribution < 1.29 is 33.2 Å². The number of allylic oxidation sites excluding steroid dienone is 3. The molecule has 1 saturated heterocycles. The lowest BCUT2D eigenvalue weighted by molar-refractivity contribution is -0.385. The third kappa shape index (κ3) is 11.7. The molecule has 63 heavy (non-hydrogen) atoms. The summed E-state index contributed by atoms with van der Waals surface area (Å²) in [6.45, 7) is 17.0. The molecule has 7 rings (SSSR count). The minimum absolute atomic E-state index is 0.100. The van der Waals surface area contributed by atoms with Crippen LogP contribution >= 0.6 is 0 Å². The first-order chi connectivity index (χ1) is 30.3. The van der Waals surface area contributed by atoms with Crippen molar-refractivity contribution in [2.75, 3.05) is 6.61 Å². The van der Waals surface area contributed by atoms with Crippen molar-refractivity contribution in [1.82, 2.24) is 0 Å². The Bertz CT molecular complexity index is 2220. The van der Waals surface area contributed by atoms with Gasteiger partial charge in [-0.05, 0) is 77.3 Å². The molecule has 0 saturated carbocycles. The van der Waals surface area contributed by atoms with E-state index < -0.39 is 44.4 Å². The summed E-state index contributed by atoms with van der Waals surface area (Å²) in [6.07, 6.45) is 1.83. The molecule has 1 aliphatic heterocycles. The maximum atomic E-state index is 13.6. The topological polar surface area (TPSA) is 75.6 Å². The summed E-state index contributed by atoms with van der Waals surface area (Å²) in [5, 5.41) is 13.7. The van der Waals surface area contributed by atoms with Gasteiger partial charge in [-0.25, -0.2) is 0 Å². The van der Waals surface area contributed by atoms with Gasteiger partial charge in [0.1, 0.15) is 30.2 Å².